The molecule has 6 nitrogen and oxygen atoms in total. The molecule has 1 amide bonds. The third kappa shape index (κ3) is 5.89. The smallest absolute Gasteiger partial charge is 0.393 e. The number of nitrogens with one attached hydrogen (secondary N) is 2. The van der Waals surface area contributed by atoms with Crippen LogP contribution < -0.4 is 10.6 Å². The maximum atomic E-state index is 12.9. The summed E-state index contributed by atoms with van der Waals surface area (Å²) in [7, 11) is 0. The van der Waals surface area contributed by atoms with Crippen LogP contribution in [0.3, 0.4) is 0 Å². The Labute approximate surface area is 185 Å². The standard InChI is InChI=1S/C23H30F3N3O3/c1-13(2)14(3)28-22(31)20-19(12-27-17-5-4-6-18(30)11-17)21(32-29-20)15-7-9-16(10-8-15)23(24,25)26/h7-10,13-14,17-18,27,30H,4-6,11-12H2,1-3H3,(H,28,31)/t14?,17?,18-/m0/s1. The topological polar surface area (TPSA) is 87.4 Å². The zero-order chi connectivity index (χ0) is 23.5. The van der Waals surface area contributed by atoms with Gasteiger partial charge in [-0.25, -0.2) is 0 Å². The molecule has 1 fully saturated rings. The van der Waals surface area contributed by atoms with Gasteiger partial charge in [0.1, 0.15) is 0 Å². The molecule has 1 aromatic carbocycles. The molecule has 3 atom stereocenters. The van der Waals surface area contributed by atoms with Crippen LogP contribution in [0.2, 0.25) is 0 Å². The van der Waals surface area contributed by atoms with Gasteiger partial charge in [-0.05, 0) is 50.7 Å². The number of alkyl halides is 3. The molecule has 32 heavy (non-hydrogen) atoms. The summed E-state index contributed by atoms with van der Waals surface area (Å²) in [6.07, 6.45) is -1.65. The van der Waals surface area contributed by atoms with Crippen LogP contribution >= 0.6 is 0 Å². The highest BCUT2D eigenvalue weighted by Crippen LogP contribution is 2.33. The minimum Gasteiger partial charge on any atom is -0.393 e. The molecule has 2 aromatic rings. The fourth-order valence-electron chi connectivity index (χ4n) is 3.73. The highest BCUT2D eigenvalue weighted by Gasteiger charge is 2.31. The average molecular weight is 454 g/mol. The fourth-order valence-corrected chi connectivity index (χ4v) is 3.73. The Morgan fingerprint density at radius 1 is 1.22 bits per heavy atom. The van der Waals surface area contributed by atoms with Crippen LogP contribution in [-0.4, -0.2) is 34.4 Å². The van der Waals surface area contributed by atoms with Gasteiger partial charge in [0.15, 0.2) is 11.5 Å². The number of carbonyl (C=O) groups excluding carboxylic acids is 1. The van der Waals surface area contributed by atoms with E-state index in [9.17, 15) is 23.1 Å². The predicted octanol–water partition coefficient (Wildman–Crippen LogP) is 4.53. The highest BCUT2D eigenvalue weighted by atomic mass is 19.4. The van der Waals surface area contributed by atoms with Gasteiger partial charge in [-0.15, -0.1) is 0 Å². The number of amides is 1. The number of hydrogen-bond acceptors (Lipinski definition) is 5. The average Bonchev–Trinajstić information content (AvgIpc) is 3.15. The van der Waals surface area contributed by atoms with E-state index in [1.807, 2.05) is 20.8 Å². The van der Waals surface area contributed by atoms with E-state index in [1.165, 1.54) is 12.1 Å². The lowest BCUT2D eigenvalue weighted by molar-refractivity contribution is -0.137. The number of nitrogens with zero attached hydrogens (tertiary/aromatic N) is 1. The summed E-state index contributed by atoms with van der Waals surface area (Å²) in [6.45, 7) is 6.10. The van der Waals surface area contributed by atoms with Crippen molar-refractivity contribution in [1.29, 1.82) is 0 Å². The van der Waals surface area contributed by atoms with E-state index in [0.717, 1.165) is 31.4 Å². The number of halogens is 3. The van der Waals surface area contributed by atoms with E-state index in [4.69, 9.17) is 4.52 Å². The first-order valence-corrected chi connectivity index (χ1v) is 10.9. The van der Waals surface area contributed by atoms with E-state index < -0.39 is 17.6 Å². The molecule has 1 aliphatic carbocycles. The fraction of sp³-hybridized carbons (Fsp3) is 0.565. The van der Waals surface area contributed by atoms with Crippen molar-refractivity contribution in [3.8, 4) is 11.3 Å². The van der Waals surface area contributed by atoms with Gasteiger partial charge in [0, 0.05) is 29.8 Å². The van der Waals surface area contributed by atoms with Crippen molar-refractivity contribution in [3.63, 3.8) is 0 Å². The van der Waals surface area contributed by atoms with E-state index in [1.54, 1.807) is 0 Å². The molecular formula is C23H30F3N3O3. The van der Waals surface area contributed by atoms with Gasteiger partial charge in [-0.3, -0.25) is 4.79 Å². The van der Waals surface area contributed by atoms with Gasteiger partial charge in [0.25, 0.3) is 5.91 Å². The Kier molecular flexibility index (Phi) is 7.61. The van der Waals surface area contributed by atoms with Crippen LogP contribution in [0.4, 0.5) is 13.2 Å². The van der Waals surface area contributed by atoms with Crippen molar-refractivity contribution in [2.45, 2.75) is 77.4 Å². The Hall–Kier alpha value is -2.39. The van der Waals surface area contributed by atoms with Crippen molar-refractivity contribution in [3.05, 3.63) is 41.1 Å². The van der Waals surface area contributed by atoms with Gasteiger partial charge in [-0.1, -0.05) is 31.1 Å². The van der Waals surface area contributed by atoms with Crippen LogP contribution in [0.1, 0.15) is 68.1 Å². The van der Waals surface area contributed by atoms with Gasteiger partial charge in [0.05, 0.1) is 11.7 Å². The molecule has 1 saturated carbocycles. The van der Waals surface area contributed by atoms with E-state index in [2.05, 4.69) is 15.8 Å². The van der Waals surface area contributed by atoms with E-state index >= 15 is 0 Å². The van der Waals surface area contributed by atoms with Crippen molar-refractivity contribution < 1.29 is 27.6 Å². The zero-order valence-corrected chi connectivity index (χ0v) is 18.5. The van der Waals surface area contributed by atoms with Gasteiger partial charge in [-0.2, -0.15) is 13.2 Å². The lowest BCUT2D eigenvalue weighted by atomic mass is 9.92. The second kappa shape index (κ2) is 10.0. The molecule has 1 heterocycles. The van der Waals surface area contributed by atoms with Gasteiger partial charge in [0.2, 0.25) is 0 Å². The molecule has 176 valence electrons. The number of aliphatic hydroxyl groups excluding tert-OH is 1. The molecule has 9 heteroatoms. The minimum atomic E-state index is -4.44. The van der Waals surface area contributed by atoms with Crippen molar-refractivity contribution >= 4 is 5.91 Å². The third-order valence-electron chi connectivity index (χ3n) is 6.05. The maximum absolute atomic E-state index is 12.9. The molecule has 0 aliphatic heterocycles. The Bertz CT molecular complexity index is 909. The first-order valence-electron chi connectivity index (χ1n) is 10.9. The van der Waals surface area contributed by atoms with Crippen molar-refractivity contribution in [2.75, 3.05) is 0 Å². The van der Waals surface area contributed by atoms with Crippen LogP contribution in [0.15, 0.2) is 28.8 Å². The zero-order valence-electron chi connectivity index (χ0n) is 18.5. The number of aromatic nitrogens is 1. The van der Waals surface area contributed by atoms with Gasteiger partial charge < -0.3 is 20.3 Å². The second-order valence-electron chi connectivity index (χ2n) is 8.82. The Balaban J connectivity index is 1.88. The molecule has 1 aromatic heterocycles. The largest absolute Gasteiger partial charge is 0.416 e. The van der Waals surface area contributed by atoms with E-state index in [0.29, 0.717) is 17.5 Å². The molecule has 3 N–H and O–H groups in total. The molecule has 0 saturated heterocycles. The lowest BCUT2D eigenvalue weighted by Gasteiger charge is -2.26. The first-order chi connectivity index (χ1) is 15.1. The molecule has 0 spiro atoms. The normalized spacial score (nSPS) is 20.4. The number of aliphatic hydroxyl groups is 1. The minimum absolute atomic E-state index is 0.0691. The summed E-state index contributed by atoms with van der Waals surface area (Å²) in [5.41, 5.74) is 0.233. The maximum Gasteiger partial charge on any atom is 0.416 e. The first kappa shape index (κ1) is 24.3. The second-order valence-corrected chi connectivity index (χ2v) is 8.82. The summed E-state index contributed by atoms with van der Waals surface area (Å²) in [4.78, 5) is 12.9. The predicted molar refractivity (Wildman–Crippen MR) is 114 cm³/mol. The molecule has 2 unspecified atom stereocenters. The summed E-state index contributed by atoms with van der Waals surface area (Å²) >= 11 is 0. The quantitative estimate of drug-likeness (QED) is 0.574. The molecular weight excluding hydrogens is 423 g/mol. The summed E-state index contributed by atoms with van der Waals surface area (Å²) in [6, 6.07) is 4.56. The van der Waals surface area contributed by atoms with Crippen molar-refractivity contribution in [2.24, 2.45) is 5.92 Å². The van der Waals surface area contributed by atoms with E-state index in [-0.39, 0.29) is 42.1 Å². The van der Waals surface area contributed by atoms with Crippen LogP contribution in [0.5, 0.6) is 0 Å². The third-order valence-corrected chi connectivity index (χ3v) is 6.05. The Morgan fingerprint density at radius 3 is 2.50 bits per heavy atom. The highest BCUT2D eigenvalue weighted by molar-refractivity contribution is 5.95. The summed E-state index contributed by atoms with van der Waals surface area (Å²) < 4.78 is 44.3. The van der Waals surface area contributed by atoms with Crippen LogP contribution in [0.25, 0.3) is 11.3 Å². The number of hydrogen-bond donors (Lipinski definition) is 3. The van der Waals surface area contributed by atoms with Crippen LogP contribution in [-0.2, 0) is 12.7 Å². The van der Waals surface area contributed by atoms with Crippen molar-refractivity contribution in [1.82, 2.24) is 15.8 Å². The lowest BCUT2D eigenvalue weighted by Crippen LogP contribution is -2.38. The number of benzene rings is 1. The molecule has 1 aliphatic rings. The number of rotatable bonds is 7. The van der Waals surface area contributed by atoms with Crippen LogP contribution in [0, 0.1) is 5.92 Å². The SMILES string of the molecule is CC(C)C(C)NC(=O)c1noc(-c2ccc(C(F)(F)F)cc2)c1CNC1CCC[C@H](O)C1. The molecule has 0 bridgehead atoms. The monoisotopic (exact) mass is 453 g/mol. The summed E-state index contributed by atoms with van der Waals surface area (Å²) in [5, 5.41) is 20.1. The molecule has 0 radical (unpaired) electrons. The van der Waals surface area contributed by atoms with Gasteiger partial charge >= 0.3 is 6.18 Å². The number of carbonyl (C=O) groups is 1. The Morgan fingerprint density at radius 2 is 1.91 bits per heavy atom. The summed E-state index contributed by atoms with van der Waals surface area (Å²) in [5.74, 6) is 0.0732. The molecule has 3 rings (SSSR count).